The van der Waals surface area contributed by atoms with Crippen LogP contribution in [0.3, 0.4) is 0 Å². The van der Waals surface area contributed by atoms with E-state index in [-0.39, 0.29) is 10.8 Å². The SMILES string of the molecule is CC(C)(C)c1cc(CCCOCc2ccccc2)cc(Cc2cc(CCCOCc3ccccc3)cc(C(C)(C)C)c2O)c1O. The summed E-state index contributed by atoms with van der Waals surface area (Å²) in [6.07, 6.45) is 3.95. The third-order valence-electron chi connectivity index (χ3n) is 8.23. The summed E-state index contributed by atoms with van der Waals surface area (Å²) in [4.78, 5) is 0. The highest BCUT2D eigenvalue weighted by Gasteiger charge is 2.25. The van der Waals surface area contributed by atoms with Crippen molar-refractivity contribution in [3.05, 3.63) is 129 Å². The van der Waals surface area contributed by atoms with E-state index in [2.05, 4.69) is 90.1 Å². The highest BCUT2D eigenvalue weighted by Crippen LogP contribution is 2.40. The fourth-order valence-corrected chi connectivity index (χ4v) is 5.71. The molecule has 0 aliphatic rings. The Hall–Kier alpha value is -3.60. The predicted molar refractivity (Wildman–Crippen MR) is 185 cm³/mol. The Kier molecular flexibility index (Phi) is 11.9. The first kappa shape index (κ1) is 34.3. The molecule has 0 aromatic heterocycles. The second kappa shape index (κ2) is 15.6. The lowest BCUT2D eigenvalue weighted by molar-refractivity contribution is 0.118. The highest BCUT2D eigenvalue weighted by atomic mass is 16.5. The molecule has 0 amide bonds. The van der Waals surface area contributed by atoms with Crippen LogP contribution in [0.5, 0.6) is 11.5 Å². The number of phenols is 2. The lowest BCUT2D eigenvalue weighted by Crippen LogP contribution is -2.14. The fourth-order valence-electron chi connectivity index (χ4n) is 5.71. The van der Waals surface area contributed by atoms with Crippen molar-refractivity contribution in [2.75, 3.05) is 13.2 Å². The van der Waals surface area contributed by atoms with Gasteiger partial charge in [-0.3, -0.25) is 0 Å². The van der Waals surface area contributed by atoms with Gasteiger partial charge in [-0.25, -0.2) is 0 Å². The minimum Gasteiger partial charge on any atom is -0.507 e. The molecule has 4 aromatic rings. The van der Waals surface area contributed by atoms with Crippen LogP contribution >= 0.6 is 0 Å². The summed E-state index contributed by atoms with van der Waals surface area (Å²) in [6, 6.07) is 29.0. The van der Waals surface area contributed by atoms with Crippen LogP contribution in [0.15, 0.2) is 84.9 Å². The van der Waals surface area contributed by atoms with Gasteiger partial charge in [-0.2, -0.15) is 0 Å². The fraction of sp³-hybridized carbons (Fsp3) is 0.415. The quantitative estimate of drug-likeness (QED) is 0.140. The van der Waals surface area contributed by atoms with Crippen molar-refractivity contribution in [2.45, 2.75) is 97.7 Å². The number of rotatable bonds is 14. The summed E-state index contributed by atoms with van der Waals surface area (Å²) >= 11 is 0. The van der Waals surface area contributed by atoms with Crippen molar-refractivity contribution >= 4 is 0 Å². The first-order chi connectivity index (χ1) is 21.4. The van der Waals surface area contributed by atoms with Gasteiger partial charge in [0, 0.05) is 19.6 Å². The van der Waals surface area contributed by atoms with Crippen LogP contribution in [0.2, 0.25) is 0 Å². The number of ether oxygens (including phenoxy) is 2. The first-order valence-corrected chi connectivity index (χ1v) is 16.4. The largest absolute Gasteiger partial charge is 0.507 e. The Bertz CT molecular complexity index is 1380. The molecule has 0 radical (unpaired) electrons. The molecule has 0 bridgehead atoms. The number of phenolic OH excluding ortho intramolecular Hbond substituents is 2. The molecule has 0 heterocycles. The summed E-state index contributed by atoms with van der Waals surface area (Å²) in [5.74, 6) is 0.644. The van der Waals surface area contributed by atoms with Crippen molar-refractivity contribution in [3.8, 4) is 11.5 Å². The third kappa shape index (κ3) is 10.2. The Labute approximate surface area is 271 Å². The molecule has 0 aliphatic heterocycles. The summed E-state index contributed by atoms with van der Waals surface area (Å²) in [6.45, 7) is 15.4. The number of hydrogen-bond acceptors (Lipinski definition) is 4. The van der Waals surface area contributed by atoms with Gasteiger partial charge < -0.3 is 19.7 Å². The molecule has 0 fully saturated rings. The predicted octanol–water partition coefficient (Wildman–Crippen LogP) is 9.58. The van der Waals surface area contributed by atoms with Crippen LogP contribution in [0.1, 0.15) is 98.9 Å². The van der Waals surface area contributed by atoms with E-state index in [0.717, 1.165) is 47.9 Å². The average Bonchev–Trinajstić information content (AvgIpc) is 2.99. The van der Waals surface area contributed by atoms with Gasteiger partial charge in [0.15, 0.2) is 0 Å². The molecule has 4 heteroatoms. The summed E-state index contributed by atoms with van der Waals surface area (Å²) < 4.78 is 11.9. The molecule has 4 rings (SSSR count). The lowest BCUT2D eigenvalue weighted by atomic mass is 9.81. The minimum absolute atomic E-state index is 0.223. The van der Waals surface area contributed by atoms with Crippen molar-refractivity contribution in [1.29, 1.82) is 0 Å². The monoisotopic (exact) mass is 608 g/mol. The van der Waals surface area contributed by atoms with Gasteiger partial charge in [0.1, 0.15) is 11.5 Å². The number of aryl methyl sites for hydroxylation is 2. The second-order valence-electron chi connectivity index (χ2n) is 14.3. The number of benzene rings is 4. The van der Waals surface area contributed by atoms with Gasteiger partial charge in [-0.05, 0) is 81.0 Å². The van der Waals surface area contributed by atoms with Gasteiger partial charge in [-0.15, -0.1) is 0 Å². The van der Waals surface area contributed by atoms with E-state index >= 15 is 0 Å². The molecule has 0 atom stereocenters. The lowest BCUT2D eigenvalue weighted by Gasteiger charge is -2.25. The van der Waals surface area contributed by atoms with Gasteiger partial charge in [0.05, 0.1) is 13.2 Å². The molecule has 4 nitrogen and oxygen atoms in total. The van der Waals surface area contributed by atoms with E-state index in [4.69, 9.17) is 9.47 Å². The van der Waals surface area contributed by atoms with E-state index in [1.54, 1.807) is 0 Å². The molecule has 45 heavy (non-hydrogen) atoms. The molecule has 2 N–H and O–H groups in total. The summed E-state index contributed by atoms with van der Waals surface area (Å²) in [5, 5.41) is 23.0. The topological polar surface area (TPSA) is 58.9 Å². The van der Waals surface area contributed by atoms with Crippen LogP contribution < -0.4 is 0 Å². The Morgan fingerprint density at radius 2 is 0.889 bits per heavy atom. The first-order valence-electron chi connectivity index (χ1n) is 16.4. The van der Waals surface area contributed by atoms with Crippen LogP contribution in [-0.2, 0) is 52.8 Å². The van der Waals surface area contributed by atoms with Gasteiger partial charge >= 0.3 is 0 Å². The zero-order chi connectivity index (χ0) is 32.5. The molecule has 0 aliphatic carbocycles. The van der Waals surface area contributed by atoms with E-state index < -0.39 is 0 Å². The maximum absolute atomic E-state index is 11.5. The Balaban J connectivity index is 1.50. The maximum atomic E-state index is 11.5. The van der Waals surface area contributed by atoms with Crippen molar-refractivity contribution in [3.63, 3.8) is 0 Å². The van der Waals surface area contributed by atoms with Crippen molar-refractivity contribution < 1.29 is 19.7 Å². The Morgan fingerprint density at radius 3 is 1.24 bits per heavy atom. The smallest absolute Gasteiger partial charge is 0.122 e. The normalized spacial score (nSPS) is 12.0. The van der Waals surface area contributed by atoms with Crippen LogP contribution in [0.4, 0.5) is 0 Å². The third-order valence-corrected chi connectivity index (χ3v) is 8.23. The molecule has 240 valence electrons. The Morgan fingerprint density at radius 1 is 0.511 bits per heavy atom. The summed E-state index contributed by atoms with van der Waals surface area (Å²) in [7, 11) is 0. The number of hydrogen-bond donors (Lipinski definition) is 2. The second-order valence-corrected chi connectivity index (χ2v) is 14.3. The molecule has 0 saturated heterocycles. The standard InChI is InChI=1S/C41H52O4/c1-40(2,3)36-25-32(19-13-21-44-28-30-15-9-7-10-16-30)23-34(38(36)42)27-35-24-33(26-37(39(35)43)41(4,5)6)20-14-22-45-29-31-17-11-8-12-18-31/h7-12,15-18,23-26,42-43H,13-14,19-22,27-29H2,1-6H3. The van der Waals surface area contributed by atoms with E-state index in [9.17, 15) is 10.2 Å². The van der Waals surface area contributed by atoms with Gasteiger partial charge in [0.2, 0.25) is 0 Å². The summed E-state index contributed by atoms with van der Waals surface area (Å²) in [5.41, 5.74) is 7.83. The van der Waals surface area contributed by atoms with Gasteiger partial charge in [-0.1, -0.05) is 126 Å². The maximum Gasteiger partial charge on any atom is 0.122 e. The molecule has 0 unspecified atom stereocenters. The van der Waals surface area contributed by atoms with E-state index in [1.807, 2.05) is 36.4 Å². The van der Waals surface area contributed by atoms with Gasteiger partial charge in [0.25, 0.3) is 0 Å². The molecule has 0 saturated carbocycles. The molecule has 4 aromatic carbocycles. The van der Waals surface area contributed by atoms with E-state index in [0.29, 0.717) is 44.3 Å². The average molecular weight is 609 g/mol. The van der Waals surface area contributed by atoms with Crippen molar-refractivity contribution in [2.24, 2.45) is 0 Å². The molecular weight excluding hydrogens is 556 g/mol. The van der Waals surface area contributed by atoms with Crippen LogP contribution in [0, 0.1) is 0 Å². The highest BCUT2D eigenvalue weighted by molar-refractivity contribution is 5.53. The number of aromatic hydroxyl groups is 2. The van der Waals surface area contributed by atoms with Crippen LogP contribution in [-0.4, -0.2) is 23.4 Å². The zero-order valence-electron chi connectivity index (χ0n) is 28.2. The van der Waals surface area contributed by atoms with Crippen LogP contribution in [0.25, 0.3) is 0 Å². The minimum atomic E-state index is -0.223. The van der Waals surface area contributed by atoms with Crippen molar-refractivity contribution in [1.82, 2.24) is 0 Å². The van der Waals surface area contributed by atoms with E-state index in [1.165, 1.54) is 22.3 Å². The zero-order valence-corrected chi connectivity index (χ0v) is 28.2. The molecular formula is C41H52O4. The molecule has 0 spiro atoms.